The molecule has 36 heavy (non-hydrogen) atoms. The van der Waals surface area contributed by atoms with E-state index in [0.29, 0.717) is 31.2 Å². The van der Waals surface area contributed by atoms with Crippen LogP contribution in [0.15, 0.2) is 18.2 Å². The maximum atomic E-state index is 14.0. The Bertz CT molecular complexity index is 1200. The molecule has 1 aromatic heterocycles. The van der Waals surface area contributed by atoms with Crippen molar-refractivity contribution < 1.29 is 19.0 Å². The summed E-state index contributed by atoms with van der Waals surface area (Å²) in [6.45, 7) is 11.6. The predicted octanol–water partition coefficient (Wildman–Crippen LogP) is 3.74. The Morgan fingerprint density at radius 3 is 2.67 bits per heavy atom. The van der Waals surface area contributed by atoms with E-state index >= 15 is 0 Å². The van der Waals surface area contributed by atoms with Crippen molar-refractivity contribution in [2.75, 3.05) is 47.0 Å². The molecule has 8 nitrogen and oxygen atoms in total. The summed E-state index contributed by atoms with van der Waals surface area (Å²) in [4.78, 5) is 23.3. The average molecular weight is 495 g/mol. The fourth-order valence-electron chi connectivity index (χ4n) is 5.51. The first kappa shape index (κ1) is 24.8. The van der Waals surface area contributed by atoms with Crippen molar-refractivity contribution in [3.8, 4) is 17.2 Å². The van der Waals surface area contributed by atoms with E-state index in [2.05, 4.69) is 48.6 Å². The van der Waals surface area contributed by atoms with Gasteiger partial charge in [-0.15, -0.1) is 0 Å². The van der Waals surface area contributed by atoms with Crippen LogP contribution in [0.1, 0.15) is 61.7 Å². The number of carbonyl (C=O) groups is 1. The number of nitrogens with zero attached hydrogens (tertiary/aromatic N) is 4. The van der Waals surface area contributed by atoms with Gasteiger partial charge >= 0.3 is 0 Å². The highest BCUT2D eigenvalue weighted by Gasteiger charge is 2.39. The lowest BCUT2D eigenvalue weighted by molar-refractivity contribution is -0.0373. The molecule has 0 aliphatic carbocycles. The molecule has 0 bridgehead atoms. The minimum atomic E-state index is -0.380. The molecule has 1 saturated heterocycles. The standard InChI is InChI=1S/C28H38N4O4/c1-18(2)36-24-15-22-19(14-23(24)34-6)9-10-21-25(27(33)31-12-13-35-17-28(31,3)4)29-26(32(21)22)20-8-7-11-30(5)16-20/h8,14-15,18H,7,9-13,16-17H2,1-6H3. The third kappa shape index (κ3) is 4.41. The van der Waals surface area contributed by atoms with Gasteiger partial charge in [0, 0.05) is 31.3 Å². The largest absolute Gasteiger partial charge is 0.493 e. The Balaban J connectivity index is 1.68. The lowest BCUT2D eigenvalue weighted by Crippen LogP contribution is -2.55. The quantitative estimate of drug-likeness (QED) is 0.631. The Morgan fingerprint density at radius 2 is 1.97 bits per heavy atom. The summed E-state index contributed by atoms with van der Waals surface area (Å²) in [6.07, 6.45) is 4.79. The van der Waals surface area contributed by atoms with E-state index in [-0.39, 0.29) is 17.6 Å². The van der Waals surface area contributed by atoms with Crippen LogP contribution in [-0.2, 0) is 17.6 Å². The van der Waals surface area contributed by atoms with Crippen molar-refractivity contribution in [1.82, 2.24) is 19.4 Å². The van der Waals surface area contributed by atoms with Crippen molar-refractivity contribution in [3.05, 3.63) is 41.0 Å². The molecule has 0 unspecified atom stereocenters. The highest BCUT2D eigenvalue weighted by molar-refractivity contribution is 5.95. The molecule has 8 heteroatoms. The summed E-state index contributed by atoms with van der Waals surface area (Å²) in [7, 11) is 3.80. The molecule has 3 aliphatic heterocycles. The molecule has 5 rings (SSSR count). The zero-order valence-corrected chi connectivity index (χ0v) is 22.4. The summed E-state index contributed by atoms with van der Waals surface area (Å²) in [5.74, 6) is 2.28. The average Bonchev–Trinajstić information content (AvgIpc) is 3.23. The van der Waals surface area contributed by atoms with Crippen LogP contribution in [0, 0.1) is 0 Å². The fraction of sp³-hybridized carbons (Fsp3) is 0.571. The maximum Gasteiger partial charge on any atom is 0.274 e. The van der Waals surface area contributed by atoms with Gasteiger partial charge in [0.25, 0.3) is 5.91 Å². The number of morpholine rings is 1. The summed E-state index contributed by atoms with van der Waals surface area (Å²) in [5, 5.41) is 0. The van der Waals surface area contributed by atoms with Crippen molar-refractivity contribution in [2.24, 2.45) is 0 Å². The first-order chi connectivity index (χ1) is 17.2. The molecule has 194 valence electrons. The monoisotopic (exact) mass is 494 g/mol. The van der Waals surface area contributed by atoms with Crippen molar-refractivity contribution >= 4 is 11.5 Å². The first-order valence-electron chi connectivity index (χ1n) is 13.0. The summed E-state index contributed by atoms with van der Waals surface area (Å²) in [6, 6.07) is 4.13. The second kappa shape index (κ2) is 9.56. The second-order valence-electron chi connectivity index (χ2n) is 10.9. The molecule has 1 fully saturated rings. The second-order valence-corrected chi connectivity index (χ2v) is 10.9. The number of amides is 1. The van der Waals surface area contributed by atoms with Crippen LogP contribution in [0.5, 0.6) is 11.5 Å². The van der Waals surface area contributed by atoms with Crippen LogP contribution in [0.2, 0.25) is 0 Å². The molecule has 0 saturated carbocycles. The molecule has 3 aliphatic rings. The zero-order chi connectivity index (χ0) is 25.6. The van der Waals surface area contributed by atoms with E-state index in [9.17, 15) is 4.79 Å². The van der Waals surface area contributed by atoms with Gasteiger partial charge < -0.3 is 24.0 Å². The number of imidazole rings is 1. The number of aromatic nitrogens is 2. The minimum absolute atomic E-state index is 0.0117. The first-order valence-corrected chi connectivity index (χ1v) is 13.0. The summed E-state index contributed by atoms with van der Waals surface area (Å²) < 4.78 is 19.7. The normalized spacial score (nSPS) is 19.5. The van der Waals surface area contributed by atoms with Gasteiger partial charge in [-0.05, 0) is 65.6 Å². The van der Waals surface area contributed by atoms with Crippen molar-refractivity contribution in [3.63, 3.8) is 0 Å². The van der Waals surface area contributed by atoms with Gasteiger partial charge in [-0.3, -0.25) is 9.36 Å². The topological polar surface area (TPSA) is 69.1 Å². The van der Waals surface area contributed by atoms with Crippen LogP contribution < -0.4 is 9.47 Å². The number of methoxy groups -OCH3 is 1. The number of aryl methyl sites for hydroxylation is 1. The van der Waals surface area contributed by atoms with Crippen LogP contribution in [-0.4, -0.2) is 83.9 Å². The maximum absolute atomic E-state index is 14.0. The molecule has 1 amide bonds. The number of fused-ring (bicyclic) bond motifs is 3. The summed E-state index contributed by atoms with van der Waals surface area (Å²) >= 11 is 0. The number of hydrogen-bond acceptors (Lipinski definition) is 6. The lowest BCUT2D eigenvalue weighted by atomic mass is 9.97. The van der Waals surface area contributed by atoms with Gasteiger partial charge in [0.1, 0.15) is 5.82 Å². The van der Waals surface area contributed by atoms with Gasteiger partial charge in [-0.25, -0.2) is 4.98 Å². The Labute approximate surface area is 213 Å². The number of rotatable bonds is 5. The smallest absolute Gasteiger partial charge is 0.274 e. The number of likely N-dealkylation sites (N-methyl/N-ethyl adjacent to an activating group) is 1. The molecule has 0 atom stereocenters. The molecule has 1 aromatic carbocycles. The number of ether oxygens (including phenoxy) is 3. The molecule has 0 radical (unpaired) electrons. The number of hydrogen-bond donors (Lipinski definition) is 0. The summed E-state index contributed by atoms with van der Waals surface area (Å²) in [5.41, 5.74) is 4.49. The van der Waals surface area contributed by atoms with Crippen molar-refractivity contribution in [2.45, 2.75) is 58.6 Å². The van der Waals surface area contributed by atoms with E-state index < -0.39 is 0 Å². The fourth-order valence-corrected chi connectivity index (χ4v) is 5.51. The zero-order valence-electron chi connectivity index (χ0n) is 22.4. The van der Waals surface area contributed by atoms with Crippen LogP contribution >= 0.6 is 0 Å². The molecule has 0 spiro atoms. The van der Waals surface area contributed by atoms with Gasteiger partial charge in [-0.1, -0.05) is 6.08 Å². The Kier molecular flexibility index (Phi) is 6.59. The molecular formula is C28H38N4O4. The third-order valence-electron chi connectivity index (χ3n) is 7.29. The molecule has 0 N–H and O–H groups in total. The van der Waals surface area contributed by atoms with E-state index in [4.69, 9.17) is 19.2 Å². The van der Waals surface area contributed by atoms with E-state index in [0.717, 1.165) is 60.9 Å². The van der Waals surface area contributed by atoms with Gasteiger partial charge in [0.2, 0.25) is 0 Å². The number of benzene rings is 1. The van der Waals surface area contributed by atoms with Gasteiger partial charge in [-0.2, -0.15) is 0 Å². The van der Waals surface area contributed by atoms with E-state index in [1.165, 1.54) is 5.56 Å². The third-order valence-corrected chi connectivity index (χ3v) is 7.29. The van der Waals surface area contributed by atoms with Crippen LogP contribution in [0.4, 0.5) is 0 Å². The Morgan fingerprint density at radius 1 is 1.17 bits per heavy atom. The predicted molar refractivity (Wildman–Crippen MR) is 139 cm³/mol. The van der Waals surface area contributed by atoms with Crippen molar-refractivity contribution in [1.29, 1.82) is 0 Å². The lowest BCUT2D eigenvalue weighted by Gasteiger charge is -2.41. The molecule has 2 aromatic rings. The Hall–Kier alpha value is -2.84. The van der Waals surface area contributed by atoms with Crippen LogP contribution in [0.3, 0.4) is 0 Å². The molecule has 4 heterocycles. The number of carbonyl (C=O) groups excluding carboxylic acids is 1. The van der Waals surface area contributed by atoms with Gasteiger partial charge in [0.15, 0.2) is 17.2 Å². The highest BCUT2D eigenvalue weighted by atomic mass is 16.5. The van der Waals surface area contributed by atoms with E-state index in [1.807, 2.05) is 18.7 Å². The molecular weight excluding hydrogens is 456 g/mol. The van der Waals surface area contributed by atoms with Crippen LogP contribution in [0.25, 0.3) is 11.3 Å². The minimum Gasteiger partial charge on any atom is -0.493 e. The SMILES string of the molecule is COc1cc2c(cc1OC(C)C)-n1c(C3=CCCN(C)C3)nc(C(=O)N3CCOCC3(C)C)c1CC2. The highest BCUT2D eigenvalue weighted by Crippen LogP contribution is 2.40. The van der Waals surface area contributed by atoms with E-state index in [1.54, 1.807) is 7.11 Å². The van der Waals surface area contributed by atoms with Gasteiger partial charge in [0.05, 0.1) is 43.3 Å².